The van der Waals surface area contributed by atoms with Crippen molar-refractivity contribution in [1.82, 2.24) is 5.32 Å². The van der Waals surface area contributed by atoms with E-state index < -0.39 is 49.0 Å². The maximum atomic E-state index is 13.2. The number of rotatable bonds is 42. The van der Waals surface area contributed by atoms with Crippen molar-refractivity contribution >= 4 is 5.91 Å². The summed E-state index contributed by atoms with van der Waals surface area (Å²) < 4.78 is 17.5. The molecule has 0 spiro atoms. The van der Waals surface area contributed by atoms with E-state index in [1.54, 1.807) is 0 Å². The van der Waals surface area contributed by atoms with Gasteiger partial charge in [0.1, 0.15) is 30.5 Å². The zero-order valence-corrected chi connectivity index (χ0v) is 39.2. The number of carbonyl (C=O) groups is 1. The predicted octanol–water partition coefficient (Wildman–Crippen LogP) is 8.96. The topological polar surface area (TPSA) is 184 Å². The molecule has 1 saturated heterocycles. The Labute approximate surface area is 377 Å². The molecule has 8 N–H and O–H groups in total. The number of hydrogen-bond acceptors (Lipinski definition) is 10. The van der Waals surface area contributed by atoms with Gasteiger partial charge < -0.3 is 50.8 Å². The van der Waals surface area contributed by atoms with Gasteiger partial charge in [-0.2, -0.15) is 0 Å². The lowest BCUT2D eigenvalue weighted by molar-refractivity contribution is -0.304. The minimum absolute atomic E-state index is 0.00183. The monoisotopic (exact) mass is 879 g/mol. The van der Waals surface area contributed by atoms with Crippen LogP contribution in [-0.2, 0) is 25.4 Å². The third-order valence-corrected chi connectivity index (χ3v) is 12.6. The van der Waals surface area contributed by atoms with Gasteiger partial charge in [-0.05, 0) is 50.6 Å². The summed E-state index contributed by atoms with van der Waals surface area (Å²) in [6, 6.07) is 9.76. The van der Waals surface area contributed by atoms with Gasteiger partial charge in [-0.25, -0.2) is 0 Å². The average molecular weight is 879 g/mol. The van der Waals surface area contributed by atoms with E-state index in [-0.39, 0.29) is 19.1 Å². The van der Waals surface area contributed by atoms with E-state index in [0.29, 0.717) is 26.0 Å². The first-order valence-corrected chi connectivity index (χ1v) is 25.6. The number of amides is 1. The summed E-state index contributed by atoms with van der Waals surface area (Å²) in [5.74, 6) is -0.239. The first kappa shape index (κ1) is 56.5. The molecule has 62 heavy (non-hydrogen) atoms. The van der Waals surface area contributed by atoms with Crippen LogP contribution in [0.25, 0.3) is 0 Å². The van der Waals surface area contributed by atoms with Crippen molar-refractivity contribution in [3.8, 4) is 0 Å². The number of hydrogen-bond donors (Lipinski definition) is 7. The molecule has 1 aliphatic heterocycles. The summed E-state index contributed by atoms with van der Waals surface area (Å²) >= 11 is 0. The fourth-order valence-electron chi connectivity index (χ4n) is 8.46. The van der Waals surface area contributed by atoms with E-state index in [4.69, 9.17) is 19.9 Å². The Morgan fingerprint density at radius 2 is 1.18 bits per heavy atom. The van der Waals surface area contributed by atoms with Gasteiger partial charge in [-0.15, -0.1) is 0 Å². The van der Waals surface area contributed by atoms with Crippen LogP contribution in [0.3, 0.4) is 0 Å². The van der Waals surface area contributed by atoms with Crippen LogP contribution in [-0.4, -0.2) is 107 Å². The summed E-state index contributed by atoms with van der Waals surface area (Å²) in [5, 5.41) is 57.3. The molecule has 5 unspecified atom stereocenters. The Morgan fingerprint density at radius 3 is 1.76 bits per heavy atom. The van der Waals surface area contributed by atoms with Gasteiger partial charge in [0.15, 0.2) is 6.29 Å². The molecule has 362 valence electrons. The summed E-state index contributed by atoms with van der Waals surface area (Å²) in [6.45, 7) is 3.08. The van der Waals surface area contributed by atoms with Crippen molar-refractivity contribution in [2.24, 2.45) is 5.73 Å². The van der Waals surface area contributed by atoms with Crippen LogP contribution >= 0.6 is 0 Å². The van der Waals surface area contributed by atoms with Gasteiger partial charge in [0.2, 0.25) is 5.91 Å². The van der Waals surface area contributed by atoms with Crippen molar-refractivity contribution < 1.29 is 44.5 Å². The fourth-order valence-corrected chi connectivity index (χ4v) is 8.46. The van der Waals surface area contributed by atoms with Crippen molar-refractivity contribution in [2.75, 3.05) is 26.4 Å². The van der Waals surface area contributed by atoms with Crippen LogP contribution < -0.4 is 11.1 Å². The number of nitrogens with one attached hydrogen (secondary N) is 1. The van der Waals surface area contributed by atoms with Crippen molar-refractivity contribution in [3.05, 3.63) is 35.9 Å². The quantitative estimate of drug-likeness (QED) is 0.0313. The smallest absolute Gasteiger partial charge is 0.220 e. The maximum Gasteiger partial charge on any atom is 0.220 e. The number of aliphatic hydroxyl groups is 5. The van der Waals surface area contributed by atoms with Crippen molar-refractivity contribution in [1.29, 1.82) is 0 Å². The molecule has 1 aliphatic rings. The largest absolute Gasteiger partial charge is 0.390 e. The molecule has 1 amide bonds. The Hall–Kier alpha value is -1.67. The van der Waals surface area contributed by atoms with Gasteiger partial charge in [-0.3, -0.25) is 4.79 Å². The van der Waals surface area contributed by atoms with Crippen LogP contribution in [0.15, 0.2) is 30.3 Å². The van der Waals surface area contributed by atoms with Gasteiger partial charge in [-0.1, -0.05) is 191 Å². The minimum atomic E-state index is -1.56. The lowest BCUT2D eigenvalue weighted by Gasteiger charge is -2.40. The molecule has 0 saturated carbocycles. The third kappa shape index (κ3) is 27.6. The number of carbonyl (C=O) groups excluding carboxylic acids is 1. The van der Waals surface area contributed by atoms with E-state index in [2.05, 4.69) is 42.6 Å². The summed E-state index contributed by atoms with van der Waals surface area (Å²) in [5.41, 5.74) is 7.00. The molecule has 1 aromatic rings. The van der Waals surface area contributed by atoms with Gasteiger partial charge >= 0.3 is 0 Å². The highest BCUT2D eigenvalue weighted by Crippen LogP contribution is 2.24. The number of nitrogens with two attached hydrogens (primary N) is 1. The molecular formula is C51H94N2O9. The molecule has 11 heteroatoms. The molecule has 8 atom stereocenters. The fraction of sp³-hybridized carbons (Fsp3) is 0.863. The second kappa shape index (κ2) is 38.6. The second-order valence-corrected chi connectivity index (χ2v) is 18.3. The summed E-state index contributed by atoms with van der Waals surface area (Å²) in [7, 11) is 0. The van der Waals surface area contributed by atoms with Crippen LogP contribution in [0, 0.1) is 0 Å². The highest BCUT2D eigenvalue weighted by Gasteiger charge is 2.45. The van der Waals surface area contributed by atoms with Gasteiger partial charge in [0, 0.05) is 13.0 Å². The lowest BCUT2D eigenvalue weighted by Crippen LogP contribution is -2.60. The van der Waals surface area contributed by atoms with E-state index in [0.717, 1.165) is 70.6 Å². The molecule has 1 aromatic carbocycles. The molecule has 1 heterocycles. The van der Waals surface area contributed by atoms with Crippen molar-refractivity contribution in [3.63, 3.8) is 0 Å². The Bertz CT molecular complexity index is 1150. The SMILES string of the molecule is CCCCCCCCCCCCCC[C@@H](O)[C@@H](O)[C@H](COC1OC(COCCCCCCN)C(O)C(O)C1O)NC(=O)CCCCCCCCCCCCCCc1ccccc1. The maximum absolute atomic E-state index is 13.2. The zero-order chi connectivity index (χ0) is 44.9. The summed E-state index contributed by atoms with van der Waals surface area (Å²) in [4.78, 5) is 13.2. The van der Waals surface area contributed by atoms with E-state index in [1.165, 1.54) is 121 Å². The number of ether oxygens (including phenoxy) is 3. The number of unbranched alkanes of at least 4 members (excludes halogenated alkanes) is 25. The predicted molar refractivity (Wildman–Crippen MR) is 251 cm³/mol. The van der Waals surface area contributed by atoms with Crippen LogP contribution in [0.5, 0.6) is 0 Å². The van der Waals surface area contributed by atoms with E-state index in [1.807, 2.05) is 0 Å². The van der Waals surface area contributed by atoms with E-state index >= 15 is 0 Å². The van der Waals surface area contributed by atoms with Gasteiger partial charge in [0.05, 0.1) is 25.4 Å². The molecule has 0 aliphatic carbocycles. The molecule has 2 rings (SSSR count). The molecule has 11 nitrogen and oxygen atoms in total. The van der Waals surface area contributed by atoms with Gasteiger partial charge in [0.25, 0.3) is 0 Å². The van der Waals surface area contributed by atoms with Crippen LogP contribution in [0.1, 0.15) is 205 Å². The van der Waals surface area contributed by atoms with Crippen LogP contribution in [0.2, 0.25) is 0 Å². The molecular weight excluding hydrogens is 785 g/mol. The Morgan fingerprint density at radius 1 is 0.661 bits per heavy atom. The van der Waals surface area contributed by atoms with E-state index in [9.17, 15) is 30.3 Å². The first-order valence-electron chi connectivity index (χ1n) is 25.6. The Balaban J connectivity index is 1.75. The minimum Gasteiger partial charge on any atom is -0.390 e. The standard InChI is InChI=1S/C51H94N2O9/c1-2-3-4-5-6-7-8-12-15-18-21-29-36-44(54)47(56)43(40-61-51-50(59)49(58)48(57)45(62-51)41-60-39-32-24-23-31-38-52)53-46(55)37-30-22-19-16-13-10-9-11-14-17-20-26-33-42-34-27-25-28-35-42/h25,27-28,34-35,43-45,47-51,54,56-59H,2-24,26,29-33,36-41,52H2,1H3,(H,53,55)/t43-,44+,45?,47-,48?,49?,50?,51?/m0/s1. The first-order chi connectivity index (χ1) is 30.3. The lowest BCUT2D eigenvalue weighted by atomic mass is 9.98. The second-order valence-electron chi connectivity index (χ2n) is 18.3. The molecule has 0 aromatic heterocycles. The number of benzene rings is 1. The number of aryl methyl sites for hydroxylation is 1. The summed E-state index contributed by atoms with van der Waals surface area (Å²) in [6.07, 6.45) is 25.0. The normalized spacial score (nSPS) is 20.6. The Kier molecular flexibility index (Phi) is 35.1. The number of aliphatic hydroxyl groups excluding tert-OH is 5. The third-order valence-electron chi connectivity index (χ3n) is 12.6. The highest BCUT2D eigenvalue weighted by atomic mass is 16.7. The zero-order valence-electron chi connectivity index (χ0n) is 39.2. The van der Waals surface area contributed by atoms with Crippen LogP contribution in [0.4, 0.5) is 0 Å². The molecule has 1 fully saturated rings. The highest BCUT2D eigenvalue weighted by molar-refractivity contribution is 5.76. The molecule has 0 radical (unpaired) electrons. The molecule has 0 bridgehead atoms. The average Bonchev–Trinajstić information content (AvgIpc) is 3.28. The van der Waals surface area contributed by atoms with Crippen molar-refractivity contribution in [2.45, 2.75) is 255 Å².